The maximum atomic E-state index is 12.0. The van der Waals surface area contributed by atoms with Crippen molar-refractivity contribution in [2.24, 2.45) is 0 Å². The Hall–Kier alpha value is -0.920. The Bertz CT molecular complexity index is 230. The molecule has 1 aliphatic rings. The van der Waals surface area contributed by atoms with Crippen molar-refractivity contribution in [3.8, 4) is 0 Å². The van der Waals surface area contributed by atoms with Crippen molar-refractivity contribution in [2.75, 3.05) is 0 Å². The third-order valence-electron chi connectivity index (χ3n) is 0.904. The zero-order chi connectivity index (χ0) is 9.57. The maximum Gasteiger partial charge on any atom is 0.540 e. The van der Waals surface area contributed by atoms with Gasteiger partial charge in [0.05, 0.1) is 0 Å². The standard InChI is InChI=1S/C4F6O2/c5-2(6)1-3(7,8)12-4(9,10)11-1. The van der Waals surface area contributed by atoms with Crippen molar-refractivity contribution < 1.29 is 35.8 Å². The first-order valence-corrected chi connectivity index (χ1v) is 2.45. The summed E-state index contributed by atoms with van der Waals surface area (Å²) in [7, 11) is 0. The Morgan fingerprint density at radius 2 is 1.58 bits per heavy atom. The van der Waals surface area contributed by atoms with Crippen molar-refractivity contribution in [3.05, 3.63) is 11.8 Å². The predicted molar refractivity (Wildman–Crippen MR) is 21.3 cm³/mol. The normalized spacial score (nSPS) is 25.3. The quantitative estimate of drug-likeness (QED) is 0.550. The molecule has 0 unspecified atom stereocenters. The average molecular weight is 194 g/mol. The van der Waals surface area contributed by atoms with E-state index in [0.717, 1.165) is 0 Å². The summed E-state index contributed by atoms with van der Waals surface area (Å²) in [6.45, 7) is 0. The van der Waals surface area contributed by atoms with Gasteiger partial charge in [0.2, 0.25) is 0 Å². The first-order chi connectivity index (χ1) is 5.25. The summed E-state index contributed by atoms with van der Waals surface area (Å²) < 4.78 is 75.8. The molecule has 0 aromatic heterocycles. The fourth-order valence-corrected chi connectivity index (χ4v) is 0.543. The largest absolute Gasteiger partial charge is 0.540 e. The van der Waals surface area contributed by atoms with E-state index in [9.17, 15) is 26.3 Å². The number of hydrogen-bond donors (Lipinski definition) is 0. The third-order valence-corrected chi connectivity index (χ3v) is 0.904. The van der Waals surface area contributed by atoms with Gasteiger partial charge in [0.15, 0.2) is 0 Å². The van der Waals surface area contributed by atoms with Crippen LogP contribution >= 0.6 is 0 Å². The summed E-state index contributed by atoms with van der Waals surface area (Å²) in [6, 6.07) is 0. The highest BCUT2D eigenvalue weighted by molar-refractivity contribution is 5.04. The fraction of sp³-hybridized carbons (Fsp3) is 0.500. The number of rotatable bonds is 0. The molecule has 0 amide bonds. The average Bonchev–Trinajstić information content (AvgIpc) is 1.99. The smallest absolute Gasteiger partial charge is 0.398 e. The van der Waals surface area contributed by atoms with E-state index in [4.69, 9.17) is 0 Å². The lowest BCUT2D eigenvalue weighted by Crippen LogP contribution is -2.22. The van der Waals surface area contributed by atoms with Gasteiger partial charge in [0.25, 0.3) is 5.76 Å². The summed E-state index contributed by atoms with van der Waals surface area (Å²) in [6.07, 6.45) is -12.5. The van der Waals surface area contributed by atoms with E-state index in [1.807, 2.05) is 0 Å². The van der Waals surface area contributed by atoms with Gasteiger partial charge in [0.1, 0.15) is 0 Å². The van der Waals surface area contributed by atoms with Crippen LogP contribution in [0.3, 0.4) is 0 Å². The lowest BCUT2D eigenvalue weighted by molar-refractivity contribution is -0.385. The van der Waals surface area contributed by atoms with E-state index in [-0.39, 0.29) is 0 Å². The van der Waals surface area contributed by atoms with Crippen molar-refractivity contribution in [3.63, 3.8) is 0 Å². The van der Waals surface area contributed by atoms with Crippen molar-refractivity contribution in [2.45, 2.75) is 12.4 Å². The summed E-state index contributed by atoms with van der Waals surface area (Å²) in [5.74, 6) is -2.45. The molecule has 0 aliphatic carbocycles. The molecule has 70 valence electrons. The minimum Gasteiger partial charge on any atom is -0.398 e. The summed E-state index contributed by atoms with van der Waals surface area (Å²) >= 11 is 0. The van der Waals surface area contributed by atoms with Crippen LogP contribution in [0, 0.1) is 0 Å². The predicted octanol–water partition coefficient (Wildman–Crippen LogP) is 2.28. The van der Waals surface area contributed by atoms with Crippen LogP contribution in [0.4, 0.5) is 26.3 Å². The lowest BCUT2D eigenvalue weighted by atomic mass is 10.5. The minimum atomic E-state index is -4.78. The van der Waals surface area contributed by atoms with Crippen LogP contribution in [0.5, 0.6) is 0 Å². The van der Waals surface area contributed by atoms with Crippen LogP contribution < -0.4 is 0 Å². The SMILES string of the molecule is FC(F)=C1OC(F)(F)OC1(F)F. The Morgan fingerprint density at radius 3 is 1.75 bits per heavy atom. The van der Waals surface area contributed by atoms with Crippen LogP contribution in [-0.2, 0) is 9.47 Å². The molecule has 0 atom stereocenters. The summed E-state index contributed by atoms with van der Waals surface area (Å²) in [5.41, 5.74) is 0. The molecule has 0 aromatic rings. The van der Waals surface area contributed by atoms with E-state index in [0.29, 0.717) is 0 Å². The molecule has 0 bridgehead atoms. The second-order valence-corrected chi connectivity index (χ2v) is 1.77. The summed E-state index contributed by atoms with van der Waals surface area (Å²) in [4.78, 5) is 0. The van der Waals surface area contributed by atoms with Gasteiger partial charge in [-0.15, -0.1) is 8.78 Å². The second kappa shape index (κ2) is 2.28. The van der Waals surface area contributed by atoms with Crippen molar-refractivity contribution >= 4 is 0 Å². The number of halogens is 6. The van der Waals surface area contributed by atoms with Gasteiger partial charge in [-0.1, -0.05) is 0 Å². The van der Waals surface area contributed by atoms with E-state index < -0.39 is 24.2 Å². The monoisotopic (exact) mass is 194 g/mol. The van der Waals surface area contributed by atoms with Crippen LogP contribution in [-0.4, -0.2) is 12.4 Å². The molecule has 0 spiro atoms. The Labute approximate surface area is 61.4 Å². The molecule has 0 aromatic carbocycles. The van der Waals surface area contributed by atoms with Crippen LogP contribution in [0.25, 0.3) is 0 Å². The molecular weight excluding hydrogens is 194 g/mol. The Balaban J connectivity index is 3.01. The van der Waals surface area contributed by atoms with Gasteiger partial charge in [-0.25, -0.2) is 4.74 Å². The number of alkyl halides is 4. The zero-order valence-corrected chi connectivity index (χ0v) is 5.08. The van der Waals surface area contributed by atoms with Gasteiger partial charge >= 0.3 is 18.5 Å². The lowest BCUT2D eigenvalue weighted by Gasteiger charge is -2.03. The van der Waals surface area contributed by atoms with Gasteiger partial charge in [-0.05, 0) is 0 Å². The molecule has 2 nitrogen and oxygen atoms in total. The first kappa shape index (κ1) is 9.17. The highest BCUT2D eigenvalue weighted by atomic mass is 19.3. The molecule has 0 radical (unpaired) electrons. The molecular formula is C4F6O2. The van der Waals surface area contributed by atoms with Gasteiger partial charge in [-0.2, -0.15) is 17.6 Å². The van der Waals surface area contributed by atoms with Gasteiger partial charge in [0, 0.05) is 0 Å². The summed E-state index contributed by atoms with van der Waals surface area (Å²) in [5, 5.41) is 0. The van der Waals surface area contributed by atoms with Gasteiger partial charge in [-0.3, -0.25) is 0 Å². The second-order valence-electron chi connectivity index (χ2n) is 1.77. The number of hydrogen-bond acceptors (Lipinski definition) is 2. The molecule has 12 heavy (non-hydrogen) atoms. The first-order valence-electron chi connectivity index (χ1n) is 2.45. The third kappa shape index (κ3) is 1.47. The highest BCUT2D eigenvalue weighted by Gasteiger charge is 2.62. The van der Waals surface area contributed by atoms with Crippen molar-refractivity contribution in [1.82, 2.24) is 0 Å². The Morgan fingerprint density at radius 1 is 1.08 bits per heavy atom. The zero-order valence-electron chi connectivity index (χ0n) is 5.08. The van der Waals surface area contributed by atoms with Crippen molar-refractivity contribution in [1.29, 1.82) is 0 Å². The fourth-order valence-electron chi connectivity index (χ4n) is 0.543. The molecule has 1 rings (SSSR count). The maximum absolute atomic E-state index is 12.0. The van der Waals surface area contributed by atoms with Gasteiger partial charge < -0.3 is 4.74 Å². The molecule has 0 N–H and O–H groups in total. The van der Waals surface area contributed by atoms with Crippen LogP contribution in [0.15, 0.2) is 11.8 Å². The topological polar surface area (TPSA) is 18.5 Å². The molecule has 1 saturated heterocycles. The molecule has 1 fully saturated rings. The van der Waals surface area contributed by atoms with E-state index in [1.165, 1.54) is 0 Å². The van der Waals surface area contributed by atoms with Crippen LogP contribution in [0.2, 0.25) is 0 Å². The highest BCUT2D eigenvalue weighted by Crippen LogP contribution is 2.45. The minimum absolute atomic E-state index is 2.45. The molecule has 1 aliphatic heterocycles. The Kier molecular flexibility index (Phi) is 1.74. The molecule has 1 heterocycles. The van der Waals surface area contributed by atoms with Crippen LogP contribution in [0.1, 0.15) is 0 Å². The van der Waals surface area contributed by atoms with E-state index in [1.54, 1.807) is 0 Å². The van der Waals surface area contributed by atoms with E-state index in [2.05, 4.69) is 9.47 Å². The molecule has 8 heteroatoms. The number of ether oxygens (including phenoxy) is 2. The molecule has 0 saturated carbocycles. The van der Waals surface area contributed by atoms with E-state index >= 15 is 0 Å².